The molecule has 20 heavy (non-hydrogen) atoms. The van der Waals surface area contributed by atoms with Crippen molar-refractivity contribution in [3.63, 3.8) is 0 Å². The summed E-state index contributed by atoms with van der Waals surface area (Å²) in [5.74, 6) is -0.0896. The Balaban J connectivity index is 2.11. The van der Waals surface area contributed by atoms with Gasteiger partial charge >= 0.3 is 0 Å². The van der Waals surface area contributed by atoms with Gasteiger partial charge in [0.15, 0.2) is 0 Å². The van der Waals surface area contributed by atoms with Gasteiger partial charge in [-0.2, -0.15) is 0 Å². The lowest BCUT2D eigenvalue weighted by Crippen LogP contribution is -2.20. The summed E-state index contributed by atoms with van der Waals surface area (Å²) in [6.07, 6.45) is 0. The van der Waals surface area contributed by atoms with Crippen molar-refractivity contribution >= 4 is 0 Å². The van der Waals surface area contributed by atoms with E-state index in [1.807, 2.05) is 13.0 Å². The van der Waals surface area contributed by atoms with E-state index in [1.165, 1.54) is 25.3 Å². The second kappa shape index (κ2) is 6.48. The van der Waals surface area contributed by atoms with Gasteiger partial charge in [-0.05, 0) is 36.8 Å². The molecule has 0 amide bonds. The molecule has 0 spiro atoms. The van der Waals surface area contributed by atoms with Crippen molar-refractivity contribution in [2.45, 2.75) is 19.5 Å². The zero-order valence-electron chi connectivity index (χ0n) is 11.5. The van der Waals surface area contributed by atoms with Gasteiger partial charge in [-0.25, -0.2) is 8.78 Å². The molecule has 2 nitrogen and oxygen atoms in total. The van der Waals surface area contributed by atoms with Crippen molar-refractivity contribution < 1.29 is 13.5 Å². The van der Waals surface area contributed by atoms with Crippen molar-refractivity contribution in [3.05, 3.63) is 65.2 Å². The Hall–Kier alpha value is -1.94. The van der Waals surface area contributed by atoms with Crippen molar-refractivity contribution in [3.8, 4) is 5.75 Å². The predicted molar refractivity (Wildman–Crippen MR) is 74.6 cm³/mol. The number of ether oxygens (including phenoxy) is 1. The van der Waals surface area contributed by atoms with Crippen LogP contribution in [0.5, 0.6) is 5.75 Å². The molecule has 2 aromatic carbocycles. The highest BCUT2D eigenvalue weighted by Gasteiger charge is 2.15. The van der Waals surface area contributed by atoms with E-state index >= 15 is 0 Å². The molecule has 0 saturated carbocycles. The molecule has 0 aliphatic heterocycles. The molecular weight excluding hydrogens is 260 g/mol. The molecule has 1 unspecified atom stereocenters. The Bertz CT molecular complexity index is 586. The van der Waals surface area contributed by atoms with Crippen LogP contribution >= 0.6 is 0 Å². The van der Waals surface area contributed by atoms with Gasteiger partial charge in [0.05, 0.1) is 7.11 Å². The summed E-state index contributed by atoms with van der Waals surface area (Å²) in [5, 5.41) is 3.17. The fourth-order valence-corrected chi connectivity index (χ4v) is 2.14. The highest BCUT2D eigenvalue weighted by Crippen LogP contribution is 2.27. The average Bonchev–Trinajstić information content (AvgIpc) is 2.44. The third-order valence-electron chi connectivity index (χ3n) is 3.17. The maximum Gasteiger partial charge on any atom is 0.131 e. The lowest BCUT2D eigenvalue weighted by Gasteiger charge is -2.18. The summed E-state index contributed by atoms with van der Waals surface area (Å²) in [6, 6.07) is 10.8. The molecule has 0 bridgehead atoms. The number of benzene rings is 2. The first-order valence-electron chi connectivity index (χ1n) is 6.42. The highest BCUT2D eigenvalue weighted by atomic mass is 19.1. The summed E-state index contributed by atoms with van der Waals surface area (Å²) in [6.45, 7) is 2.30. The van der Waals surface area contributed by atoms with Gasteiger partial charge in [-0.15, -0.1) is 0 Å². The SMILES string of the molecule is COc1cccc(F)c1C(C)NCc1cccc(F)c1. The van der Waals surface area contributed by atoms with Gasteiger partial charge in [0.25, 0.3) is 0 Å². The maximum atomic E-state index is 13.9. The molecule has 0 fully saturated rings. The Morgan fingerprint density at radius 2 is 1.90 bits per heavy atom. The minimum Gasteiger partial charge on any atom is -0.496 e. The largest absolute Gasteiger partial charge is 0.496 e. The molecule has 4 heteroatoms. The van der Waals surface area contributed by atoms with Crippen LogP contribution in [0.4, 0.5) is 8.78 Å². The van der Waals surface area contributed by atoms with E-state index in [-0.39, 0.29) is 17.7 Å². The molecule has 0 radical (unpaired) electrons. The third kappa shape index (κ3) is 3.33. The topological polar surface area (TPSA) is 21.3 Å². The van der Waals surface area contributed by atoms with Crippen LogP contribution in [0.3, 0.4) is 0 Å². The van der Waals surface area contributed by atoms with Crippen LogP contribution in [0, 0.1) is 11.6 Å². The Morgan fingerprint density at radius 1 is 1.15 bits per heavy atom. The van der Waals surface area contributed by atoms with Gasteiger partial charge in [0, 0.05) is 18.2 Å². The zero-order valence-corrected chi connectivity index (χ0v) is 11.5. The third-order valence-corrected chi connectivity index (χ3v) is 3.17. The molecule has 2 aromatic rings. The Morgan fingerprint density at radius 3 is 2.60 bits per heavy atom. The number of hydrogen-bond donors (Lipinski definition) is 1. The molecule has 0 aliphatic carbocycles. The summed E-state index contributed by atoms with van der Waals surface area (Å²) in [7, 11) is 1.51. The molecule has 0 saturated heterocycles. The van der Waals surface area contributed by atoms with E-state index in [1.54, 1.807) is 18.2 Å². The molecular formula is C16H17F2NO. The number of halogens is 2. The molecule has 0 aromatic heterocycles. The van der Waals surface area contributed by atoms with Crippen molar-refractivity contribution in [1.82, 2.24) is 5.32 Å². The van der Waals surface area contributed by atoms with Crippen LogP contribution in [0.1, 0.15) is 24.1 Å². The Kier molecular flexibility index (Phi) is 4.69. The van der Waals surface area contributed by atoms with Crippen LogP contribution in [0.2, 0.25) is 0 Å². The van der Waals surface area contributed by atoms with Crippen molar-refractivity contribution in [2.75, 3.05) is 7.11 Å². The van der Waals surface area contributed by atoms with Crippen LogP contribution in [-0.2, 0) is 6.54 Å². The molecule has 1 N–H and O–H groups in total. The second-order valence-corrected chi connectivity index (χ2v) is 4.59. The normalized spacial score (nSPS) is 12.2. The molecule has 0 aliphatic rings. The summed E-state index contributed by atoms with van der Waals surface area (Å²) >= 11 is 0. The number of hydrogen-bond acceptors (Lipinski definition) is 2. The summed E-state index contributed by atoms with van der Waals surface area (Å²) in [4.78, 5) is 0. The minimum absolute atomic E-state index is 0.241. The molecule has 2 rings (SSSR count). The smallest absolute Gasteiger partial charge is 0.131 e. The van der Waals surface area contributed by atoms with E-state index in [0.717, 1.165) is 5.56 Å². The van der Waals surface area contributed by atoms with Crippen LogP contribution in [-0.4, -0.2) is 7.11 Å². The van der Waals surface area contributed by atoms with Crippen molar-refractivity contribution in [2.24, 2.45) is 0 Å². The lowest BCUT2D eigenvalue weighted by atomic mass is 10.1. The van der Waals surface area contributed by atoms with E-state index in [4.69, 9.17) is 4.74 Å². The fourth-order valence-electron chi connectivity index (χ4n) is 2.14. The summed E-state index contributed by atoms with van der Waals surface area (Å²) < 4.78 is 32.2. The van der Waals surface area contributed by atoms with Crippen LogP contribution < -0.4 is 10.1 Å². The Labute approximate surface area is 117 Å². The quantitative estimate of drug-likeness (QED) is 0.897. The van der Waals surface area contributed by atoms with Gasteiger partial charge in [0.1, 0.15) is 17.4 Å². The van der Waals surface area contributed by atoms with E-state index in [2.05, 4.69) is 5.32 Å². The molecule has 0 heterocycles. The number of methoxy groups -OCH3 is 1. The second-order valence-electron chi connectivity index (χ2n) is 4.59. The number of nitrogens with one attached hydrogen (secondary N) is 1. The van der Waals surface area contributed by atoms with Crippen LogP contribution in [0.25, 0.3) is 0 Å². The average molecular weight is 277 g/mol. The van der Waals surface area contributed by atoms with Crippen molar-refractivity contribution in [1.29, 1.82) is 0 Å². The number of rotatable bonds is 5. The minimum atomic E-state index is -0.316. The monoisotopic (exact) mass is 277 g/mol. The molecule has 1 atom stereocenters. The van der Waals surface area contributed by atoms with E-state index < -0.39 is 0 Å². The van der Waals surface area contributed by atoms with Crippen LogP contribution in [0.15, 0.2) is 42.5 Å². The first kappa shape index (κ1) is 14.5. The maximum absolute atomic E-state index is 13.9. The summed E-state index contributed by atoms with van der Waals surface area (Å²) in [5.41, 5.74) is 1.29. The van der Waals surface area contributed by atoms with E-state index in [9.17, 15) is 8.78 Å². The van der Waals surface area contributed by atoms with Gasteiger partial charge in [0.2, 0.25) is 0 Å². The van der Waals surface area contributed by atoms with Gasteiger partial charge in [-0.1, -0.05) is 18.2 Å². The van der Waals surface area contributed by atoms with Gasteiger partial charge in [-0.3, -0.25) is 0 Å². The van der Waals surface area contributed by atoms with E-state index in [0.29, 0.717) is 17.9 Å². The first-order chi connectivity index (χ1) is 9.61. The standard InChI is InChI=1S/C16H17F2NO/c1-11(16-14(18)7-4-8-15(16)20-2)19-10-12-5-3-6-13(17)9-12/h3-9,11,19H,10H2,1-2H3. The highest BCUT2D eigenvalue weighted by molar-refractivity contribution is 5.37. The lowest BCUT2D eigenvalue weighted by molar-refractivity contribution is 0.393. The van der Waals surface area contributed by atoms with Gasteiger partial charge < -0.3 is 10.1 Å². The molecule has 106 valence electrons. The first-order valence-corrected chi connectivity index (χ1v) is 6.42. The predicted octanol–water partition coefficient (Wildman–Crippen LogP) is 3.82. The fraction of sp³-hybridized carbons (Fsp3) is 0.250. The zero-order chi connectivity index (χ0) is 14.5.